The molecule has 2 aromatic heterocycles. The monoisotopic (exact) mass is 480 g/mol. The number of benzene rings is 2. The van der Waals surface area contributed by atoms with Gasteiger partial charge >= 0.3 is 5.97 Å². The third-order valence-electron chi connectivity index (χ3n) is 6.95. The number of aryl methyl sites for hydroxylation is 1. The zero-order valence-electron chi connectivity index (χ0n) is 20.2. The van der Waals surface area contributed by atoms with Crippen LogP contribution in [0.4, 0.5) is 0 Å². The molecular weight excluding hydrogens is 452 g/mol. The van der Waals surface area contributed by atoms with Crippen LogP contribution in [0, 0.1) is 24.2 Å². The Morgan fingerprint density at radius 3 is 2.67 bits per heavy atom. The lowest BCUT2D eigenvalue weighted by atomic mass is 9.78. The van der Waals surface area contributed by atoms with Crippen molar-refractivity contribution < 1.29 is 14.6 Å². The Hall–Kier alpha value is -4.18. The van der Waals surface area contributed by atoms with E-state index in [4.69, 9.17) is 15.0 Å². The predicted molar refractivity (Wildman–Crippen MR) is 136 cm³/mol. The maximum absolute atomic E-state index is 12.1. The van der Waals surface area contributed by atoms with Gasteiger partial charge in [-0.2, -0.15) is 5.26 Å². The van der Waals surface area contributed by atoms with Gasteiger partial charge in [0.15, 0.2) is 0 Å². The van der Waals surface area contributed by atoms with Gasteiger partial charge in [-0.1, -0.05) is 31.0 Å². The first-order valence-corrected chi connectivity index (χ1v) is 12.3. The maximum Gasteiger partial charge on any atom is 0.307 e. The van der Waals surface area contributed by atoms with Crippen LogP contribution in [0.25, 0.3) is 11.0 Å². The standard InChI is InChI=1S/C29H28N4O3/c1-19-6-11-22(31-16-19)18-36-23-12-13-26-27(14-23)33(17-21-9-7-20(15-30)8-10-21)28(32-26)24-4-2-3-5-25(24)29(34)35/h6-14,16,24-25H,2-5,17-18H2,1H3,(H,34,35)/t24?,25-/m0/s1. The van der Waals surface area contributed by atoms with Crippen molar-refractivity contribution in [1.29, 1.82) is 5.26 Å². The summed E-state index contributed by atoms with van der Waals surface area (Å²) < 4.78 is 8.18. The fourth-order valence-corrected chi connectivity index (χ4v) is 5.00. The summed E-state index contributed by atoms with van der Waals surface area (Å²) in [6, 6.07) is 19.4. The van der Waals surface area contributed by atoms with Crippen LogP contribution in [0.2, 0.25) is 0 Å². The van der Waals surface area contributed by atoms with E-state index >= 15 is 0 Å². The molecule has 4 aromatic rings. The van der Waals surface area contributed by atoms with Gasteiger partial charge in [-0.05, 0) is 61.2 Å². The smallest absolute Gasteiger partial charge is 0.307 e. The summed E-state index contributed by atoms with van der Waals surface area (Å²) >= 11 is 0. The van der Waals surface area contributed by atoms with Crippen molar-refractivity contribution in [1.82, 2.24) is 14.5 Å². The number of nitrogens with zero attached hydrogens (tertiary/aromatic N) is 4. The first-order valence-electron chi connectivity index (χ1n) is 12.3. The average Bonchev–Trinajstić information content (AvgIpc) is 3.26. The maximum atomic E-state index is 12.1. The largest absolute Gasteiger partial charge is 0.487 e. The lowest BCUT2D eigenvalue weighted by Gasteiger charge is -2.28. The van der Waals surface area contributed by atoms with Crippen LogP contribution in [0.1, 0.15) is 59.8 Å². The zero-order valence-corrected chi connectivity index (χ0v) is 20.2. The second kappa shape index (κ2) is 10.2. The topological polar surface area (TPSA) is 101 Å². The number of nitriles is 1. The lowest BCUT2D eigenvalue weighted by Crippen LogP contribution is -2.27. The van der Waals surface area contributed by atoms with Crippen molar-refractivity contribution in [2.24, 2.45) is 5.92 Å². The third kappa shape index (κ3) is 4.94. The molecule has 5 rings (SSSR count). The number of hydrogen-bond donors (Lipinski definition) is 1. The highest BCUT2D eigenvalue weighted by Gasteiger charge is 2.35. The zero-order chi connectivity index (χ0) is 25.1. The van der Waals surface area contributed by atoms with Crippen LogP contribution in [-0.2, 0) is 17.9 Å². The van der Waals surface area contributed by atoms with E-state index in [2.05, 4.69) is 15.6 Å². The van der Waals surface area contributed by atoms with Crippen LogP contribution < -0.4 is 4.74 Å². The summed E-state index contributed by atoms with van der Waals surface area (Å²) in [5, 5.41) is 19.1. The second-order valence-electron chi connectivity index (χ2n) is 9.47. The molecule has 1 fully saturated rings. The van der Waals surface area contributed by atoms with Crippen LogP contribution in [-0.4, -0.2) is 25.6 Å². The first kappa shape index (κ1) is 23.6. The Kier molecular flexibility index (Phi) is 6.68. The Bertz CT molecular complexity index is 1420. The second-order valence-corrected chi connectivity index (χ2v) is 9.47. The molecule has 36 heavy (non-hydrogen) atoms. The van der Waals surface area contributed by atoms with Crippen molar-refractivity contribution >= 4 is 17.0 Å². The molecule has 2 aromatic carbocycles. The van der Waals surface area contributed by atoms with Crippen LogP contribution in [0.5, 0.6) is 5.75 Å². The van der Waals surface area contributed by atoms with Gasteiger partial charge in [-0.25, -0.2) is 4.98 Å². The van der Waals surface area contributed by atoms with E-state index in [1.54, 1.807) is 12.1 Å². The number of rotatable bonds is 7. The van der Waals surface area contributed by atoms with E-state index in [1.807, 2.05) is 55.6 Å². The van der Waals surface area contributed by atoms with Gasteiger partial charge in [-0.3, -0.25) is 9.78 Å². The third-order valence-corrected chi connectivity index (χ3v) is 6.95. The molecule has 2 heterocycles. The Morgan fingerprint density at radius 2 is 1.94 bits per heavy atom. The van der Waals surface area contributed by atoms with Crippen LogP contribution >= 0.6 is 0 Å². The van der Waals surface area contributed by atoms with Gasteiger partial charge in [0.25, 0.3) is 0 Å². The molecule has 182 valence electrons. The van der Waals surface area contributed by atoms with Gasteiger partial charge in [0.2, 0.25) is 0 Å². The predicted octanol–water partition coefficient (Wildman–Crippen LogP) is 5.60. The molecular formula is C29H28N4O3. The number of carbonyl (C=O) groups is 1. The highest BCUT2D eigenvalue weighted by molar-refractivity contribution is 5.79. The summed E-state index contributed by atoms with van der Waals surface area (Å²) in [4.78, 5) is 21.5. The minimum atomic E-state index is -0.758. The molecule has 0 aliphatic heterocycles. The highest BCUT2D eigenvalue weighted by Crippen LogP contribution is 2.39. The summed E-state index contributed by atoms with van der Waals surface area (Å²) in [5.41, 5.74) is 5.29. The molecule has 7 nitrogen and oxygen atoms in total. The SMILES string of the molecule is Cc1ccc(COc2ccc3nc(C4CCCC[C@@H]4C(=O)O)n(Cc4ccc(C#N)cc4)c3c2)nc1. The molecule has 1 N–H and O–H groups in total. The number of aliphatic carboxylic acids is 1. The van der Waals surface area contributed by atoms with Gasteiger partial charge in [0.1, 0.15) is 18.2 Å². The van der Waals surface area contributed by atoms with Gasteiger partial charge in [-0.15, -0.1) is 0 Å². The summed E-state index contributed by atoms with van der Waals surface area (Å²) in [7, 11) is 0. The van der Waals surface area contributed by atoms with E-state index < -0.39 is 11.9 Å². The van der Waals surface area contributed by atoms with Crippen LogP contribution in [0.15, 0.2) is 60.8 Å². The summed E-state index contributed by atoms with van der Waals surface area (Å²) in [6.07, 6.45) is 5.21. The molecule has 0 spiro atoms. The molecule has 2 atom stereocenters. The number of aromatic nitrogens is 3. The van der Waals surface area contributed by atoms with Gasteiger partial charge < -0.3 is 14.4 Å². The molecule has 1 unspecified atom stereocenters. The first-order chi connectivity index (χ1) is 17.5. The Balaban J connectivity index is 1.52. The molecule has 1 aliphatic rings. The number of fused-ring (bicyclic) bond motifs is 1. The molecule has 1 saturated carbocycles. The van der Waals surface area contributed by atoms with E-state index in [1.165, 1.54) is 0 Å². The Morgan fingerprint density at radius 1 is 1.14 bits per heavy atom. The summed E-state index contributed by atoms with van der Waals surface area (Å²) in [6.45, 7) is 2.88. The van der Waals surface area contributed by atoms with Gasteiger partial charge in [0, 0.05) is 24.7 Å². The minimum absolute atomic E-state index is 0.150. The highest BCUT2D eigenvalue weighted by atomic mass is 16.5. The minimum Gasteiger partial charge on any atom is -0.487 e. The number of carboxylic acid groups (broad SMARTS) is 1. The molecule has 1 aliphatic carbocycles. The van der Waals surface area contributed by atoms with E-state index in [0.29, 0.717) is 30.9 Å². The van der Waals surface area contributed by atoms with Gasteiger partial charge in [0.05, 0.1) is 34.3 Å². The fourth-order valence-electron chi connectivity index (χ4n) is 5.00. The van der Waals surface area contributed by atoms with Crippen molar-refractivity contribution in [2.45, 2.75) is 51.7 Å². The molecule has 0 radical (unpaired) electrons. The number of pyridine rings is 1. The van der Waals surface area contributed by atoms with Crippen molar-refractivity contribution in [3.05, 3.63) is 89.0 Å². The molecule has 7 heteroatoms. The summed E-state index contributed by atoms with van der Waals surface area (Å²) in [5.74, 6) is 0.155. The van der Waals surface area contributed by atoms with E-state index in [0.717, 1.165) is 52.9 Å². The van der Waals surface area contributed by atoms with Crippen LogP contribution in [0.3, 0.4) is 0 Å². The average molecular weight is 481 g/mol. The lowest BCUT2D eigenvalue weighted by molar-refractivity contribution is -0.143. The molecule has 0 amide bonds. The normalized spacial score (nSPS) is 17.6. The van der Waals surface area contributed by atoms with Crippen molar-refractivity contribution in [3.8, 4) is 11.8 Å². The quantitative estimate of drug-likeness (QED) is 0.370. The number of carboxylic acids is 1. The Labute approximate surface area is 210 Å². The van der Waals surface area contributed by atoms with E-state index in [9.17, 15) is 9.90 Å². The molecule has 0 saturated heterocycles. The fraction of sp³-hybridized carbons (Fsp3) is 0.310. The number of ether oxygens (including phenoxy) is 1. The van der Waals surface area contributed by atoms with Crippen molar-refractivity contribution in [3.63, 3.8) is 0 Å². The number of hydrogen-bond acceptors (Lipinski definition) is 5. The van der Waals surface area contributed by atoms with E-state index in [-0.39, 0.29) is 5.92 Å². The van der Waals surface area contributed by atoms with Crippen molar-refractivity contribution in [2.75, 3.05) is 0 Å². The number of imidazole rings is 1. The molecule has 0 bridgehead atoms.